The van der Waals surface area contributed by atoms with E-state index in [4.69, 9.17) is 16.0 Å². The zero-order valence-corrected chi connectivity index (χ0v) is 16.5. The first-order valence-corrected chi connectivity index (χ1v) is 10.4. The van der Waals surface area contributed by atoms with E-state index < -0.39 is 10.8 Å². The summed E-state index contributed by atoms with van der Waals surface area (Å²) in [5, 5.41) is 3.48. The number of furan rings is 1. The van der Waals surface area contributed by atoms with E-state index in [1.807, 2.05) is 43.3 Å². The van der Waals surface area contributed by atoms with Crippen molar-refractivity contribution in [1.29, 1.82) is 0 Å². The van der Waals surface area contributed by atoms with Crippen LogP contribution in [-0.2, 0) is 28.9 Å². The highest BCUT2D eigenvalue weighted by Crippen LogP contribution is 2.15. The first-order chi connectivity index (χ1) is 13.0. The van der Waals surface area contributed by atoms with E-state index in [1.54, 1.807) is 24.3 Å². The van der Waals surface area contributed by atoms with Gasteiger partial charge in [0.2, 0.25) is 0 Å². The van der Waals surface area contributed by atoms with E-state index in [-0.39, 0.29) is 17.4 Å². The summed E-state index contributed by atoms with van der Waals surface area (Å²) in [6.07, 6.45) is 0. The molecule has 0 fully saturated rings. The molecule has 3 rings (SSSR count). The van der Waals surface area contributed by atoms with Crippen LogP contribution >= 0.6 is 11.6 Å². The highest BCUT2D eigenvalue weighted by Gasteiger charge is 2.13. The Morgan fingerprint density at radius 1 is 0.963 bits per heavy atom. The average Bonchev–Trinajstić information content (AvgIpc) is 3.11. The summed E-state index contributed by atoms with van der Waals surface area (Å²) in [6, 6.07) is 18.5. The molecule has 1 aromatic heterocycles. The summed E-state index contributed by atoms with van der Waals surface area (Å²) < 4.78 is 17.9. The van der Waals surface area contributed by atoms with Crippen molar-refractivity contribution in [3.05, 3.63) is 93.9 Å². The van der Waals surface area contributed by atoms with Crippen LogP contribution in [0, 0.1) is 6.92 Å². The number of amides is 1. The van der Waals surface area contributed by atoms with Gasteiger partial charge in [0, 0.05) is 28.1 Å². The summed E-state index contributed by atoms with van der Waals surface area (Å²) in [4.78, 5) is 12.2. The molecule has 0 bridgehead atoms. The molecule has 0 aliphatic heterocycles. The lowest BCUT2D eigenvalue weighted by Crippen LogP contribution is -2.22. The maximum Gasteiger partial charge on any atom is 0.287 e. The third-order valence-corrected chi connectivity index (χ3v) is 5.52. The van der Waals surface area contributed by atoms with Crippen molar-refractivity contribution in [3.8, 4) is 0 Å². The Hall–Kier alpha value is -2.37. The van der Waals surface area contributed by atoms with Gasteiger partial charge in [-0.15, -0.1) is 0 Å². The molecule has 0 aliphatic rings. The van der Waals surface area contributed by atoms with Crippen LogP contribution in [0.3, 0.4) is 0 Å². The van der Waals surface area contributed by atoms with Gasteiger partial charge in [0.15, 0.2) is 5.76 Å². The minimum atomic E-state index is -1.13. The fraction of sp³-hybridized carbons (Fsp3) is 0.190. The lowest BCUT2D eigenvalue weighted by molar-refractivity contribution is 0.0921. The molecule has 1 atom stereocenters. The number of carbonyl (C=O) groups is 1. The summed E-state index contributed by atoms with van der Waals surface area (Å²) in [6.45, 7) is 2.45. The third-order valence-electron chi connectivity index (χ3n) is 4.00. The highest BCUT2D eigenvalue weighted by molar-refractivity contribution is 7.83. The Balaban J connectivity index is 1.52. The van der Waals surface area contributed by atoms with Crippen LogP contribution in [0.1, 0.15) is 33.0 Å². The lowest BCUT2D eigenvalue weighted by Gasteiger charge is -2.04. The van der Waals surface area contributed by atoms with E-state index >= 15 is 0 Å². The summed E-state index contributed by atoms with van der Waals surface area (Å²) in [5.41, 5.74) is 3.14. The predicted molar refractivity (Wildman–Crippen MR) is 108 cm³/mol. The minimum Gasteiger partial charge on any atom is -0.455 e. The van der Waals surface area contributed by atoms with E-state index in [0.717, 1.165) is 11.1 Å². The van der Waals surface area contributed by atoms with E-state index in [0.29, 0.717) is 23.1 Å². The zero-order chi connectivity index (χ0) is 19.2. The van der Waals surface area contributed by atoms with Gasteiger partial charge in [-0.2, -0.15) is 0 Å². The van der Waals surface area contributed by atoms with Crippen LogP contribution < -0.4 is 5.32 Å². The maximum atomic E-state index is 12.3. The van der Waals surface area contributed by atoms with Crippen LogP contribution in [0.2, 0.25) is 5.02 Å². The number of benzene rings is 2. The monoisotopic (exact) mass is 401 g/mol. The number of rotatable bonds is 7. The second kappa shape index (κ2) is 9.02. The Morgan fingerprint density at radius 2 is 1.63 bits per heavy atom. The van der Waals surface area contributed by atoms with Crippen LogP contribution in [0.15, 0.2) is 65.1 Å². The molecule has 2 aromatic carbocycles. The number of carbonyl (C=O) groups excluding carboxylic acids is 1. The fourth-order valence-corrected chi connectivity index (χ4v) is 3.79. The van der Waals surface area contributed by atoms with Crippen molar-refractivity contribution in [2.24, 2.45) is 0 Å². The SMILES string of the molecule is Cc1ccc(CNC(=O)c2ccc(C[S@@](=O)Cc3ccc(Cl)cc3)o2)cc1. The van der Waals surface area contributed by atoms with Crippen LogP contribution in [0.25, 0.3) is 0 Å². The topological polar surface area (TPSA) is 59.3 Å². The normalized spacial score (nSPS) is 11.9. The van der Waals surface area contributed by atoms with Gasteiger partial charge in [0.25, 0.3) is 5.91 Å². The van der Waals surface area contributed by atoms with Gasteiger partial charge in [-0.1, -0.05) is 53.6 Å². The molecular formula is C21H20ClNO3S. The highest BCUT2D eigenvalue weighted by atomic mass is 35.5. The molecule has 1 N–H and O–H groups in total. The van der Waals surface area contributed by atoms with Gasteiger partial charge in [0.1, 0.15) is 5.76 Å². The molecule has 0 saturated heterocycles. The number of hydrogen-bond donors (Lipinski definition) is 1. The molecule has 0 aliphatic carbocycles. The van der Waals surface area contributed by atoms with Crippen molar-refractivity contribution in [2.45, 2.75) is 25.0 Å². The first kappa shape index (κ1) is 19.4. The third kappa shape index (κ3) is 5.81. The van der Waals surface area contributed by atoms with Gasteiger partial charge in [-0.25, -0.2) is 0 Å². The van der Waals surface area contributed by atoms with Gasteiger partial charge < -0.3 is 9.73 Å². The fourth-order valence-electron chi connectivity index (χ4n) is 2.53. The first-order valence-electron chi connectivity index (χ1n) is 8.51. The number of hydrogen-bond acceptors (Lipinski definition) is 3. The van der Waals surface area contributed by atoms with Crippen molar-refractivity contribution in [2.75, 3.05) is 0 Å². The quantitative estimate of drug-likeness (QED) is 0.628. The molecular weight excluding hydrogens is 382 g/mol. The zero-order valence-electron chi connectivity index (χ0n) is 14.9. The van der Waals surface area contributed by atoms with Crippen LogP contribution in [-0.4, -0.2) is 10.1 Å². The predicted octanol–water partition coefficient (Wildman–Crippen LogP) is 4.62. The molecule has 140 valence electrons. The second-order valence-electron chi connectivity index (χ2n) is 6.29. The van der Waals surface area contributed by atoms with Gasteiger partial charge >= 0.3 is 0 Å². The number of nitrogens with one attached hydrogen (secondary N) is 1. The molecule has 4 nitrogen and oxygen atoms in total. The van der Waals surface area contributed by atoms with Crippen LogP contribution in [0.5, 0.6) is 0 Å². The molecule has 1 heterocycles. The van der Waals surface area contributed by atoms with E-state index in [1.165, 1.54) is 5.56 Å². The second-order valence-corrected chi connectivity index (χ2v) is 8.18. The van der Waals surface area contributed by atoms with Crippen molar-refractivity contribution >= 4 is 28.3 Å². The molecule has 1 amide bonds. The van der Waals surface area contributed by atoms with Crippen LogP contribution in [0.4, 0.5) is 0 Å². The molecule has 3 aromatic rings. The van der Waals surface area contributed by atoms with Crippen molar-refractivity contribution < 1.29 is 13.4 Å². The molecule has 0 spiro atoms. The number of aryl methyl sites for hydroxylation is 1. The Kier molecular flexibility index (Phi) is 6.48. The molecule has 27 heavy (non-hydrogen) atoms. The Labute approximate surface area is 166 Å². The lowest BCUT2D eigenvalue weighted by atomic mass is 10.1. The number of halogens is 1. The van der Waals surface area contributed by atoms with Crippen molar-refractivity contribution in [1.82, 2.24) is 5.32 Å². The Bertz CT molecular complexity index is 933. The minimum absolute atomic E-state index is 0.223. The standard InChI is InChI=1S/C21H20ClNO3S/c1-15-2-4-16(5-3-15)12-23-21(24)20-11-10-19(26-20)14-27(25)13-17-6-8-18(22)9-7-17/h2-11H,12-14H2,1H3,(H,23,24)/t27-/m0/s1. The smallest absolute Gasteiger partial charge is 0.287 e. The van der Waals surface area contributed by atoms with Gasteiger partial charge in [-0.05, 0) is 42.3 Å². The molecule has 6 heteroatoms. The molecule has 0 radical (unpaired) electrons. The summed E-state index contributed by atoms with van der Waals surface area (Å²) in [7, 11) is -1.13. The summed E-state index contributed by atoms with van der Waals surface area (Å²) in [5.74, 6) is 1.13. The van der Waals surface area contributed by atoms with Gasteiger partial charge in [0.05, 0.1) is 5.75 Å². The largest absolute Gasteiger partial charge is 0.455 e. The summed E-state index contributed by atoms with van der Waals surface area (Å²) >= 11 is 5.85. The van der Waals surface area contributed by atoms with Crippen molar-refractivity contribution in [3.63, 3.8) is 0 Å². The molecule has 0 saturated carbocycles. The maximum absolute atomic E-state index is 12.3. The van der Waals surface area contributed by atoms with E-state index in [2.05, 4.69) is 5.32 Å². The van der Waals surface area contributed by atoms with E-state index in [9.17, 15) is 9.00 Å². The van der Waals surface area contributed by atoms with Gasteiger partial charge in [-0.3, -0.25) is 9.00 Å². The average molecular weight is 402 g/mol. The molecule has 0 unspecified atom stereocenters. The Morgan fingerprint density at radius 3 is 2.33 bits per heavy atom.